The lowest BCUT2D eigenvalue weighted by atomic mass is 10.2. The molecule has 0 N–H and O–H groups in total. The van der Waals surface area contributed by atoms with Gasteiger partial charge in [-0.25, -0.2) is 0 Å². The summed E-state index contributed by atoms with van der Waals surface area (Å²) in [5, 5.41) is 2.13. The minimum Gasteiger partial charge on any atom is -0.315 e. The van der Waals surface area contributed by atoms with Crippen molar-refractivity contribution in [1.82, 2.24) is 4.57 Å². The Kier molecular flexibility index (Phi) is 2.30. The quantitative estimate of drug-likeness (QED) is 0.705. The van der Waals surface area contributed by atoms with E-state index in [1.54, 1.807) is 29.0 Å². The Morgan fingerprint density at radius 2 is 2.07 bits per heavy atom. The third kappa shape index (κ3) is 1.32. The number of halogens is 1. The number of pyridine rings is 1. The second-order valence-corrected chi connectivity index (χ2v) is 3.52. The van der Waals surface area contributed by atoms with Gasteiger partial charge in [0, 0.05) is 28.5 Å². The molecule has 2 aromatic rings. The number of aromatic nitrogens is 1. The Morgan fingerprint density at radius 3 is 2.79 bits per heavy atom. The van der Waals surface area contributed by atoms with Crippen molar-refractivity contribution in [2.24, 2.45) is 0 Å². The number of hydrogen-bond donors (Lipinski definition) is 0. The molecule has 0 amide bonds. The Morgan fingerprint density at radius 1 is 1.29 bits per heavy atom. The second kappa shape index (κ2) is 3.46. The zero-order chi connectivity index (χ0) is 10.1. The summed E-state index contributed by atoms with van der Waals surface area (Å²) < 4.78 is 1.67. The molecule has 0 atom stereocenters. The van der Waals surface area contributed by atoms with Crippen LogP contribution in [0.3, 0.4) is 0 Å². The highest BCUT2D eigenvalue weighted by Gasteiger charge is 2.03. The van der Waals surface area contributed by atoms with Gasteiger partial charge >= 0.3 is 0 Å². The van der Waals surface area contributed by atoms with Gasteiger partial charge in [0.05, 0.1) is 0 Å². The molecule has 0 saturated carbocycles. The van der Waals surface area contributed by atoms with E-state index in [1.807, 2.05) is 13.0 Å². The molecule has 0 saturated heterocycles. The molecule has 0 spiro atoms. The van der Waals surface area contributed by atoms with Crippen molar-refractivity contribution < 1.29 is 0 Å². The largest absolute Gasteiger partial charge is 0.315 e. The summed E-state index contributed by atoms with van der Waals surface area (Å²) in [6.45, 7) is 2.62. The predicted molar refractivity (Wildman–Crippen MR) is 58.9 cm³/mol. The van der Waals surface area contributed by atoms with Crippen LogP contribution in [0.2, 0.25) is 5.02 Å². The van der Waals surface area contributed by atoms with E-state index in [9.17, 15) is 4.79 Å². The summed E-state index contributed by atoms with van der Waals surface area (Å²) in [6, 6.07) is 7.27. The lowest BCUT2D eigenvalue weighted by Gasteiger charge is -2.04. The van der Waals surface area contributed by atoms with Gasteiger partial charge in [-0.15, -0.1) is 0 Å². The highest BCUT2D eigenvalue weighted by Crippen LogP contribution is 2.19. The molecule has 2 rings (SSSR count). The van der Waals surface area contributed by atoms with Gasteiger partial charge in [0.15, 0.2) is 0 Å². The van der Waals surface area contributed by atoms with Crippen LogP contribution in [-0.2, 0) is 6.54 Å². The first-order valence-corrected chi connectivity index (χ1v) is 4.89. The van der Waals surface area contributed by atoms with E-state index in [2.05, 4.69) is 0 Å². The minimum absolute atomic E-state index is 0.0208. The van der Waals surface area contributed by atoms with Crippen LogP contribution >= 0.6 is 11.6 Å². The van der Waals surface area contributed by atoms with E-state index in [4.69, 9.17) is 11.6 Å². The van der Waals surface area contributed by atoms with E-state index >= 15 is 0 Å². The Labute approximate surface area is 86.7 Å². The zero-order valence-electron chi connectivity index (χ0n) is 7.83. The van der Waals surface area contributed by atoms with Crippen molar-refractivity contribution in [3.05, 3.63) is 45.8 Å². The van der Waals surface area contributed by atoms with E-state index < -0.39 is 0 Å². The molecule has 0 aliphatic rings. The Bertz CT molecular complexity index is 530. The molecule has 0 aliphatic carbocycles. The summed E-state index contributed by atoms with van der Waals surface area (Å²) in [4.78, 5) is 11.8. The Hall–Kier alpha value is -1.28. The van der Waals surface area contributed by atoms with E-state index in [0.717, 1.165) is 5.39 Å². The molecule has 0 aliphatic heterocycles. The fourth-order valence-electron chi connectivity index (χ4n) is 1.53. The fourth-order valence-corrected chi connectivity index (χ4v) is 1.77. The van der Waals surface area contributed by atoms with Crippen molar-refractivity contribution >= 4 is 22.4 Å². The first-order valence-electron chi connectivity index (χ1n) is 4.51. The SMILES string of the molecule is CCn1ccc2c(Cl)cccc2c1=O. The molecule has 3 heteroatoms. The molecule has 0 bridgehead atoms. The van der Waals surface area contributed by atoms with E-state index in [0.29, 0.717) is 17.0 Å². The zero-order valence-corrected chi connectivity index (χ0v) is 8.58. The molecule has 1 aromatic heterocycles. The maximum Gasteiger partial charge on any atom is 0.258 e. The van der Waals surface area contributed by atoms with Gasteiger partial charge in [-0.1, -0.05) is 17.7 Å². The third-order valence-corrected chi connectivity index (χ3v) is 2.64. The summed E-state index contributed by atoms with van der Waals surface area (Å²) in [7, 11) is 0. The van der Waals surface area contributed by atoms with Gasteiger partial charge in [-0.05, 0) is 25.1 Å². The van der Waals surface area contributed by atoms with Crippen LogP contribution in [0.15, 0.2) is 35.3 Å². The van der Waals surface area contributed by atoms with E-state index in [1.165, 1.54) is 0 Å². The van der Waals surface area contributed by atoms with Crippen LogP contribution in [0.25, 0.3) is 10.8 Å². The molecule has 72 valence electrons. The monoisotopic (exact) mass is 207 g/mol. The van der Waals surface area contributed by atoms with Crippen LogP contribution in [-0.4, -0.2) is 4.57 Å². The predicted octanol–water partition coefficient (Wildman–Crippen LogP) is 2.67. The maximum atomic E-state index is 11.8. The topological polar surface area (TPSA) is 22.0 Å². The molecule has 0 fully saturated rings. The van der Waals surface area contributed by atoms with Crippen LogP contribution < -0.4 is 5.56 Å². The van der Waals surface area contributed by atoms with Crippen molar-refractivity contribution in [3.8, 4) is 0 Å². The van der Waals surface area contributed by atoms with Gasteiger partial charge < -0.3 is 4.57 Å². The number of benzene rings is 1. The molecule has 1 heterocycles. The third-order valence-electron chi connectivity index (χ3n) is 2.31. The summed E-state index contributed by atoms with van der Waals surface area (Å²) in [5.41, 5.74) is 0.0208. The molecule has 14 heavy (non-hydrogen) atoms. The number of hydrogen-bond acceptors (Lipinski definition) is 1. The van der Waals surface area contributed by atoms with Crippen molar-refractivity contribution in [2.45, 2.75) is 13.5 Å². The highest BCUT2D eigenvalue weighted by molar-refractivity contribution is 6.35. The fraction of sp³-hybridized carbons (Fsp3) is 0.182. The van der Waals surface area contributed by atoms with Crippen molar-refractivity contribution in [1.29, 1.82) is 0 Å². The number of fused-ring (bicyclic) bond motifs is 1. The van der Waals surface area contributed by atoms with Crippen molar-refractivity contribution in [3.63, 3.8) is 0 Å². The van der Waals surface area contributed by atoms with Crippen LogP contribution in [0, 0.1) is 0 Å². The number of rotatable bonds is 1. The van der Waals surface area contributed by atoms with E-state index in [-0.39, 0.29) is 5.56 Å². The minimum atomic E-state index is 0.0208. The standard InChI is InChI=1S/C11H10ClNO/c1-2-13-7-6-8-9(11(13)14)4-3-5-10(8)12/h3-7H,2H2,1H3. The first kappa shape index (κ1) is 9.28. The smallest absolute Gasteiger partial charge is 0.258 e. The molecule has 0 radical (unpaired) electrons. The number of nitrogens with zero attached hydrogens (tertiary/aromatic N) is 1. The van der Waals surface area contributed by atoms with Crippen LogP contribution in [0.4, 0.5) is 0 Å². The lowest BCUT2D eigenvalue weighted by Crippen LogP contribution is -2.18. The second-order valence-electron chi connectivity index (χ2n) is 3.11. The molecule has 1 aromatic carbocycles. The van der Waals surface area contributed by atoms with Crippen LogP contribution in [0.1, 0.15) is 6.92 Å². The summed E-state index contributed by atoms with van der Waals surface area (Å²) >= 11 is 5.98. The molecule has 2 nitrogen and oxygen atoms in total. The summed E-state index contributed by atoms with van der Waals surface area (Å²) in [5.74, 6) is 0. The highest BCUT2D eigenvalue weighted by atomic mass is 35.5. The lowest BCUT2D eigenvalue weighted by molar-refractivity contribution is 0.735. The van der Waals surface area contributed by atoms with Gasteiger partial charge in [-0.2, -0.15) is 0 Å². The molecular formula is C11H10ClNO. The number of aryl methyl sites for hydroxylation is 1. The normalized spacial score (nSPS) is 10.7. The Balaban J connectivity index is 2.91. The average Bonchev–Trinajstić information content (AvgIpc) is 2.20. The maximum absolute atomic E-state index is 11.8. The van der Waals surface area contributed by atoms with Gasteiger partial charge in [0.2, 0.25) is 0 Å². The van der Waals surface area contributed by atoms with Gasteiger partial charge in [0.25, 0.3) is 5.56 Å². The summed E-state index contributed by atoms with van der Waals surface area (Å²) in [6.07, 6.45) is 1.77. The first-order chi connectivity index (χ1) is 6.74. The van der Waals surface area contributed by atoms with Gasteiger partial charge in [-0.3, -0.25) is 4.79 Å². The molecule has 0 unspecified atom stereocenters. The van der Waals surface area contributed by atoms with Gasteiger partial charge in [0.1, 0.15) is 0 Å². The average molecular weight is 208 g/mol. The van der Waals surface area contributed by atoms with Crippen LogP contribution in [0.5, 0.6) is 0 Å². The molecular weight excluding hydrogens is 198 g/mol. The van der Waals surface area contributed by atoms with Crippen molar-refractivity contribution in [2.75, 3.05) is 0 Å².